The number of carbonyl (C=O) groups is 2. The molecule has 178 valence electrons. The smallest absolute Gasteiger partial charge is 0.452 e. The van der Waals surface area contributed by atoms with Crippen molar-refractivity contribution in [2.45, 2.75) is 72.3 Å². The largest absolute Gasteiger partial charge is 0.547 e. The maximum atomic E-state index is 11.6. The summed E-state index contributed by atoms with van der Waals surface area (Å²) in [7, 11) is -3.12. The van der Waals surface area contributed by atoms with Crippen molar-refractivity contribution in [2.24, 2.45) is 4.99 Å². The van der Waals surface area contributed by atoms with Crippen LogP contribution in [0, 0.1) is 0 Å². The van der Waals surface area contributed by atoms with Gasteiger partial charge < -0.3 is 22.8 Å². The molecule has 0 saturated carbocycles. The fourth-order valence-electron chi connectivity index (χ4n) is 2.30. The predicted octanol–water partition coefficient (Wildman–Crippen LogP) is 3.65. The Morgan fingerprint density at radius 3 is 1.58 bits per heavy atom. The van der Waals surface area contributed by atoms with Crippen LogP contribution in [0.1, 0.15) is 61.3 Å². The molecule has 0 heterocycles. The zero-order valence-electron chi connectivity index (χ0n) is 19.8. The number of nitrogens with zero attached hydrogens (tertiary/aromatic N) is 1. The second-order valence-electron chi connectivity index (χ2n) is 6.42. The van der Waals surface area contributed by atoms with E-state index in [0.717, 1.165) is 12.2 Å². The van der Waals surface area contributed by atoms with Gasteiger partial charge >= 0.3 is 20.7 Å². The van der Waals surface area contributed by atoms with Gasteiger partial charge in [-0.3, -0.25) is 0 Å². The average Bonchev–Trinajstić information content (AvgIpc) is 2.74. The molecular formula is C21H37NO8Si. The molecular weight excluding hydrogens is 422 g/mol. The van der Waals surface area contributed by atoms with Crippen molar-refractivity contribution in [1.82, 2.24) is 0 Å². The van der Waals surface area contributed by atoms with Crippen LogP contribution in [0.2, 0.25) is 0 Å². The minimum atomic E-state index is -3.12. The van der Waals surface area contributed by atoms with E-state index in [1.807, 2.05) is 27.7 Å². The fraction of sp³-hybridized carbons (Fsp3) is 0.667. The van der Waals surface area contributed by atoms with Crippen molar-refractivity contribution >= 4 is 26.8 Å². The minimum Gasteiger partial charge on any atom is -0.452 e. The molecule has 0 bridgehead atoms. The lowest BCUT2D eigenvalue weighted by atomic mass is 10.2. The molecule has 0 aliphatic heterocycles. The molecule has 0 aliphatic carbocycles. The number of isocyanates is 1. The zero-order chi connectivity index (χ0) is 24.6. The molecule has 0 rings (SSSR count). The van der Waals surface area contributed by atoms with Gasteiger partial charge in [-0.05, 0) is 41.0 Å². The molecule has 31 heavy (non-hydrogen) atoms. The first-order chi connectivity index (χ1) is 14.5. The highest BCUT2D eigenvalue weighted by Crippen LogP contribution is 2.31. The van der Waals surface area contributed by atoms with Crippen LogP contribution < -0.4 is 0 Å². The molecule has 2 unspecified atom stereocenters. The summed E-state index contributed by atoms with van der Waals surface area (Å²) >= 11 is 0. The van der Waals surface area contributed by atoms with E-state index in [9.17, 15) is 14.4 Å². The van der Waals surface area contributed by atoms with E-state index < -0.39 is 31.7 Å². The lowest BCUT2D eigenvalue weighted by Crippen LogP contribution is -2.65. The number of ether oxygens (including phenoxy) is 2. The van der Waals surface area contributed by atoms with Crippen molar-refractivity contribution in [3.05, 3.63) is 25.3 Å². The summed E-state index contributed by atoms with van der Waals surface area (Å²) in [5.74, 6) is -1.10. The highest BCUT2D eigenvalue weighted by Gasteiger charge is 2.60. The number of aliphatic imine (C=N–C) groups is 1. The molecule has 0 aliphatic rings. The Labute approximate surface area is 186 Å². The summed E-state index contributed by atoms with van der Waals surface area (Å²) in [5.41, 5.74) is -1.10. The molecule has 0 aromatic carbocycles. The lowest BCUT2D eigenvalue weighted by Gasteiger charge is -2.41. The third-order valence-corrected chi connectivity index (χ3v) is 8.00. The third-order valence-electron chi connectivity index (χ3n) is 4.24. The van der Waals surface area contributed by atoms with Crippen molar-refractivity contribution < 1.29 is 37.1 Å². The van der Waals surface area contributed by atoms with Gasteiger partial charge in [-0.25, -0.2) is 14.4 Å². The molecule has 0 spiro atoms. The second-order valence-corrected chi connectivity index (χ2v) is 9.46. The molecule has 0 amide bonds. The van der Waals surface area contributed by atoms with Gasteiger partial charge in [0.05, 0.1) is 0 Å². The van der Waals surface area contributed by atoms with Gasteiger partial charge in [-0.2, -0.15) is 4.99 Å². The van der Waals surface area contributed by atoms with Crippen molar-refractivity contribution in [1.29, 1.82) is 0 Å². The topological polar surface area (TPSA) is 110 Å². The van der Waals surface area contributed by atoms with Crippen LogP contribution in [0.25, 0.3) is 0 Å². The first-order valence-corrected chi connectivity index (χ1v) is 12.0. The van der Waals surface area contributed by atoms with E-state index in [0.29, 0.717) is 32.7 Å². The molecule has 0 radical (unpaired) electrons. The maximum absolute atomic E-state index is 11.6. The van der Waals surface area contributed by atoms with E-state index >= 15 is 0 Å². The van der Waals surface area contributed by atoms with Crippen molar-refractivity contribution in [3.8, 4) is 0 Å². The third kappa shape index (κ3) is 10.2. The van der Waals surface area contributed by atoms with Crippen LogP contribution >= 0.6 is 0 Å². The van der Waals surface area contributed by atoms with Gasteiger partial charge in [0.2, 0.25) is 11.8 Å². The first kappa shape index (κ1) is 31.1. The van der Waals surface area contributed by atoms with E-state index in [1.165, 1.54) is 13.0 Å². The average molecular weight is 460 g/mol. The minimum absolute atomic E-state index is 0.418. The molecule has 0 aromatic heterocycles. The number of hydrogen-bond donors (Lipinski definition) is 0. The number of rotatable bonds is 14. The monoisotopic (exact) mass is 459 g/mol. The van der Waals surface area contributed by atoms with Gasteiger partial charge in [0.25, 0.3) is 0 Å². The van der Waals surface area contributed by atoms with Gasteiger partial charge in [0, 0.05) is 38.4 Å². The highest BCUT2D eigenvalue weighted by atomic mass is 28.4. The van der Waals surface area contributed by atoms with E-state index in [-0.39, 0.29) is 0 Å². The van der Waals surface area contributed by atoms with Crippen LogP contribution in [-0.4, -0.2) is 57.6 Å². The number of carbonyl (C=O) groups excluding carboxylic acids is 3. The molecule has 0 N–H and O–H groups in total. The molecule has 0 aromatic rings. The first-order valence-electron chi connectivity index (χ1n) is 10.2. The van der Waals surface area contributed by atoms with Crippen LogP contribution in [0.5, 0.6) is 0 Å². The summed E-state index contributed by atoms with van der Waals surface area (Å²) in [5, 5.41) is -0.916. The molecule has 10 heteroatoms. The molecule has 9 nitrogen and oxygen atoms in total. The van der Waals surface area contributed by atoms with Gasteiger partial charge in [0.15, 0.2) is 5.22 Å². The van der Waals surface area contributed by atoms with Gasteiger partial charge in [0.1, 0.15) is 0 Å². The van der Waals surface area contributed by atoms with Crippen molar-refractivity contribution in [3.63, 3.8) is 0 Å². The summed E-state index contributed by atoms with van der Waals surface area (Å²) in [6.07, 6.45) is 4.47. The zero-order valence-corrected chi connectivity index (χ0v) is 20.8. The van der Waals surface area contributed by atoms with Crippen LogP contribution in [0.4, 0.5) is 0 Å². The summed E-state index contributed by atoms with van der Waals surface area (Å²) < 4.78 is 27.7. The van der Waals surface area contributed by atoms with Crippen molar-refractivity contribution in [2.75, 3.05) is 19.8 Å². The summed E-state index contributed by atoms with van der Waals surface area (Å²) in [6.45, 7) is 20.5. The Hall–Kier alpha value is -2.10. The van der Waals surface area contributed by atoms with Gasteiger partial charge in [-0.15, -0.1) is 0 Å². The second kappa shape index (κ2) is 15.7. The molecule has 0 fully saturated rings. The predicted molar refractivity (Wildman–Crippen MR) is 119 cm³/mol. The normalized spacial score (nSPS) is 14.4. The van der Waals surface area contributed by atoms with Crippen LogP contribution in [0.3, 0.4) is 0 Å². The van der Waals surface area contributed by atoms with E-state index in [4.69, 9.17) is 22.8 Å². The Morgan fingerprint density at radius 2 is 1.29 bits per heavy atom. The van der Waals surface area contributed by atoms with E-state index in [2.05, 4.69) is 18.2 Å². The highest BCUT2D eigenvalue weighted by molar-refractivity contribution is 6.64. The maximum Gasteiger partial charge on any atom is 0.547 e. The Morgan fingerprint density at radius 1 is 0.871 bits per heavy atom. The fourth-order valence-corrected chi connectivity index (χ4v) is 5.26. The van der Waals surface area contributed by atoms with E-state index in [1.54, 1.807) is 13.8 Å². The number of hydrogen-bond acceptors (Lipinski definition) is 9. The lowest BCUT2D eigenvalue weighted by molar-refractivity contribution is -0.152. The standard InChI is InChI=1S/C13H26O5Si.C8H11NO3/c1-7-12(14)18-13(6,8-2)19(15-9-3,16-10-4)17-11-5;1-4-7(11)12-8(3,5-2)9-6-10/h7H,1,8-11H2,2-6H3;4H,1,5H2,2-3H3. The Balaban J connectivity index is 0. The number of esters is 2. The van der Waals surface area contributed by atoms with Crippen LogP contribution in [0.15, 0.2) is 30.3 Å². The summed E-state index contributed by atoms with van der Waals surface area (Å²) in [6, 6.07) is 0. The Kier molecular flexibility index (Phi) is 15.7. The molecule has 2 atom stereocenters. The SMILES string of the molecule is C=CC(=O)OC(C)(CC)N=C=O.C=CC(=O)OC(C)(CC)[Si](OCC)(OCC)OCC. The quantitative estimate of drug-likeness (QED) is 0.127. The summed E-state index contributed by atoms with van der Waals surface area (Å²) in [4.78, 5) is 35.6. The molecule has 0 saturated heterocycles. The van der Waals surface area contributed by atoms with Crippen LogP contribution in [-0.2, 0) is 37.1 Å². The Bertz CT molecular complexity index is 618. The van der Waals surface area contributed by atoms with Gasteiger partial charge in [-0.1, -0.05) is 27.0 Å².